The number of rotatable bonds is 3. The third kappa shape index (κ3) is 3.88. The summed E-state index contributed by atoms with van der Waals surface area (Å²) in [6.45, 7) is 2.75. The van der Waals surface area contributed by atoms with Crippen LogP contribution in [0.2, 0.25) is 0 Å². The zero-order valence-corrected chi connectivity index (χ0v) is 11.0. The Kier molecular flexibility index (Phi) is 4.17. The second-order valence-corrected chi connectivity index (χ2v) is 5.70. The fourth-order valence-corrected chi connectivity index (χ4v) is 3.07. The lowest BCUT2D eigenvalue weighted by Crippen LogP contribution is -2.50. The van der Waals surface area contributed by atoms with Crippen molar-refractivity contribution in [3.05, 3.63) is 16.8 Å². The molecule has 2 rings (SSSR count). The number of hydrogen-bond donors (Lipinski definition) is 1. The first kappa shape index (κ1) is 13.7. The maximum Gasteiger partial charge on any atom is 0.401 e. The summed E-state index contributed by atoms with van der Waals surface area (Å²) >= 11 is 1.61. The molecule has 1 aromatic heterocycles. The Bertz CT molecular complexity index is 364. The van der Waals surface area contributed by atoms with Crippen LogP contribution in [0.15, 0.2) is 16.8 Å². The molecule has 0 aromatic carbocycles. The van der Waals surface area contributed by atoms with Crippen LogP contribution in [-0.2, 0) is 0 Å². The van der Waals surface area contributed by atoms with E-state index in [9.17, 15) is 13.2 Å². The van der Waals surface area contributed by atoms with E-state index in [2.05, 4.69) is 17.1 Å². The van der Waals surface area contributed by atoms with E-state index in [0.717, 1.165) is 18.7 Å². The molecule has 1 aliphatic heterocycles. The molecule has 2 unspecified atom stereocenters. The molecular formula is C12H17F3N2S. The number of thiophene rings is 1. The summed E-state index contributed by atoms with van der Waals surface area (Å²) < 4.78 is 36.6. The third-order valence-electron chi connectivity index (χ3n) is 3.12. The number of halogens is 3. The summed E-state index contributed by atoms with van der Waals surface area (Å²) in [5.41, 5.74) is 1.12. The Balaban J connectivity index is 1.92. The average molecular weight is 278 g/mol. The van der Waals surface area contributed by atoms with Crippen LogP contribution < -0.4 is 10.2 Å². The molecule has 0 spiro atoms. The first-order valence-corrected chi connectivity index (χ1v) is 6.95. The Morgan fingerprint density at radius 3 is 2.83 bits per heavy atom. The van der Waals surface area contributed by atoms with Crippen LogP contribution in [0.1, 0.15) is 13.3 Å². The molecule has 2 atom stereocenters. The second kappa shape index (κ2) is 5.48. The summed E-state index contributed by atoms with van der Waals surface area (Å²) in [6.07, 6.45) is -3.33. The second-order valence-electron chi connectivity index (χ2n) is 4.92. The molecule has 1 fully saturated rings. The Morgan fingerprint density at radius 1 is 1.44 bits per heavy atom. The van der Waals surface area contributed by atoms with Gasteiger partial charge in [0.2, 0.25) is 0 Å². The van der Waals surface area contributed by atoms with Crippen molar-refractivity contribution in [3.8, 4) is 0 Å². The van der Waals surface area contributed by atoms with Crippen LogP contribution in [0, 0.1) is 5.92 Å². The van der Waals surface area contributed by atoms with Crippen LogP contribution in [0.5, 0.6) is 0 Å². The highest BCUT2D eigenvalue weighted by molar-refractivity contribution is 7.08. The van der Waals surface area contributed by atoms with Gasteiger partial charge in [0.15, 0.2) is 0 Å². The van der Waals surface area contributed by atoms with Gasteiger partial charge in [-0.2, -0.15) is 24.5 Å². The molecule has 0 radical (unpaired) electrons. The van der Waals surface area contributed by atoms with E-state index in [-0.39, 0.29) is 6.04 Å². The maximum absolute atomic E-state index is 12.2. The highest BCUT2D eigenvalue weighted by Crippen LogP contribution is 2.25. The Hall–Kier alpha value is -0.750. The molecule has 1 aromatic rings. The van der Waals surface area contributed by atoms with Gasteiger partial charge in [-0.1, -0.05) is 6.92 Å². The van der Waals surface area contributed by atoms with Crippen molar-refractivity contribution in [2.24, 2.45) is 5.92 Å². The van der Waals surface area contributed by atoms with Crippen molar-refractivity contribution >= 4 is 17.0 Å². The summed E-state index contributed by atoms with van der Waals surface area (Å²) in [5.74, 6) is 0.407. The molecule has 2 heterocycles. The van der Waals surface area contributed by atoms with E-state index in [0.29, 0.717) is 12.5 Å². The third-order valence-corrected chi connectivity index (χ3v) is 3.79. The van der Waals surface area contributed by atoms with Gasteiger partial charge in [0.05, 0.1) is 6.54 Å². The smallest absolute Gasteiger partial charge is 0.369 e. The van der Waals surface area contributed by atoms with Crippen LogP contribution in [0.3, 0.4) is 0 Å². The number of nitrogens with one attached hydrogen (secondary N) is 1. The minimum Gasteiger partial charge on any atom is -0.369 e. The SMILES string of the molecule is CC1CC(NCC(F)(F)F)CN(c2ccsc2)C1. The fourth-order valence-electron chi connectivity index (χ4n) is 2.41. The fraction of sp³-hybridized carbons (Fsp3) is 0.667. The van der Waals surface area contributed by atoms with E-state index < -0.39 is 12.7 Å². The number of alkyl halides is 3. The standard InChI is InChI=1S/C12H17F3N2S/c1-9-4-10(16-8-12(13,14)15)6-17(5-9)11-2-3-18-7-11/h2-3,7,9-10,16H,4-6,8H2,1H3. The van der Waals surface area contributed by atoms with Gasteiger partial charge in [0, 0.05) is 30.2 Å². The highest BCUT2D eigenvalue weighted by atomic mass is 32.1. The van der Waals surface area contributed by atoms with Crippen LogP contribution in [0.25, 0.3) is 0 Å². The zero-order valence-electron chi connectivity index (χ0n) is 10.2. The summed E-state index contributed by atoms with van der Waals surface area (Å²) in [6, 6.07) is 1.93. The number of hydrogen-bond acceptors (Lipinski definition) is 3. The minimum atomic E-state index is -4.13. The van der Waals surface area contributed by atoms with Crippen molar-refractivity contribution in [2.75, 3.05) is 24.5 Å². The molecule has 0 aliphatic carbocycles. The monoisotopic (exact) mass is 278 g/mol. The molecule has 2 nitrogen and oxygen atoms in total. The van der Waals surface area contributed by atoms with Crippen LogP contribution >= 0.6 is 11.3 Å². The molecule has 102 valence electrons. The molecule has 0 bridgehead atoms. The van der Waals surface area contributed by atoms with Crippen LogP contribution in [0.4, 0.5) is 18.9 Å². The molecule has 1 N–H and O–H groups in total. The van der Waals surface area contributed by atoms with Gasteiger partial charge >= 0.3 is 6.18 Å². The first-order valence-electron chi connectivity index (χ1n) is 6.01. The van der Waals surface area contributed by atoms with E-state index >= 15 is 0 Å². The maximum atomic E-state index is 12.2. The molecule has 1 saturated heterocycles. The highest BCUT2D eigenvalue weighted by Gasteiger charge is 2.31. The molecule has 6 heteroatoms. The predicted octanol–water partition coefficient (Wildman–Crippen LogP) is 3.11. The molecule has 1 aliphatic rings. The van der Waals surface area contributed by atoms with E-state index in [1.165, 1.54) is 0 Å². The van der Waals surface area contributed by atoms with Crippen LogP contribution in [-0.4, -0.2) is 31.9 Å². The Labute approximate surface area is 109 Å². The van der Waals surface area contributed by atoms with Gasteiger partial charge in [-0.15, -0.1) is 0 Å². The predicted molar refractivity (Wildman–Crippen MR) is 68.2 cm³/mol. The van der Waals surface area contributed by atoms with Gasteiger partial charge in [0.25, 0.3) is 0 Å². The van der Waals surface area contributed by atoms with Crippen molar-refractivity contribution in [1.82, 2.24) is 5.32 Å². The Morgan fingerprint density at radius 2 is 2.22 bits per heavy atom. The zero-order chi connectivity index (χ0) is 13.2. The lowest BCUT2D eigenvalue weighted by atomic mass is 9.95. The lowest BCUT2D eigenvalue weighted by Gasteiger charge is -2.38. The van der Waals surface area contributed by atoms with Gasteiger partial charge in [-0.3, -0.25) is 0 Å². The first-order chi connectivity index (χ1) is 8.44. The van der Waals surface area contributed by atoms with E-state index in [1.54, 1.807) is 11.3 Å². The molecule has 18 heavy (non-hydrogen) atoms. The van der Waals surface area contributed by atoms with Crippen molar-refractivity contribution < 1.29 is 13.2 Å². The van der Waals surface area contributed by atoms with Gasteiger partial charge < -0.3 is 10.2 Å². The van der Waals surface area contributed by atoms with Crippen molar-refractivity contribution in [2.45, 2.75) is 25.6 Å². The largest absolute Gasteiger partial charge is 0.401 e. The summed E-state index contributed by atoms with van der Waals surface area (Å²) in [4.78, 5) is 2.17. The minimum absolute atomic E-state index is 0.0877. The molecular weight excluding hydrogens is 261 g/mol. The molecule has 0 amide bonds. The number of anilines is 1. The average Bonchev–Trinajstić information content (AvgIpc) is 2.78. The van der Waals surface area contributed by atoms with Crippen molar-refractivity contribution in [3.63, 3.8) is 0 Å². The summed E-state index contributed by atoms with van der Waals surface area (Å²) in [5, 5.41) is 6.65. The van der Waals surface area contributed by atoms with E-state index in [4.69, 9.17) is 0 Å². The van der Waals surface area contributed by atoms with E-state index in [1.807, 2.05) is 16.8 Å². The van der Waals surface area contributed by atoms with Gasteiger partial charge in [-0.25, -0.2) is 0 Å². The quantitative estimate of drug-likeness (QED) is 0.914. The topological polar surface area (TPSA) is 15.3 Å². The molecule has 0 saturated carbocycles. The van der Waals surface area contributed by atoms with Gasteiger partial charge in [-0.05, 0) is 23.8 Å². The van der Waals surface area contributed by atoms with Crippen molar-refractivity contribution in [1.29, 1.82) is 0 Å². The number of nitrogens with zero attached hydrogens (tertiary/aromatic N) is 1. The number of piperidine rings is 1. The summed E-state index contributed by atoms with van der Waals surface area (Å²) in [7, 11) is 0. The van der Waals surface area contributed by atoms with Gasteiger partial charge in [0.1, 0.15) is 0 Å². The normalized spacial score (nSPS) is 25.4. The lowest BCUT2D eigenvalue weighted by molar-refractivity contribution is -0.126.